The minimum absolute atomic E-state index is 0.173. The van der Waals surface area contributed by atoms with E-state index in [1.54, 1.807) is 15.8 Å². The Morgan fingerprint density at radius 1 is 1.20 bits per heavy atom. The highest BCUT2D eigenvalue weighted by molar-refractivity contribution is 5.96. The highest BCUT2D eigenvalue weighted by Gasteiger charge is 2.22. The fourth-order valence-corrected chi connectivity index (χ4v) is 3.22. The molecule has 7 heteroatoms. The Hall–Kier alpha value is -2.83. The van der Waals surface area contributed by atoms with Crippen LogP contribution in [0.4, 0.5) is 5.69 Å². The lowest BCUT2D eigenvalue weighted by Crippen LogP contribution is -2.25. The first-order valence-electron chi connectivity index (χ1n) is 8.58. The molecule has 0 saturated carbocycles. The van der Waals surface area contributed by atoms with Crippen LogP contribution in [0.5, 0.6) is 5.88 Å². The molecule has 1 saturated heterocycles. The van der Waals surface area contributed by atoms with Crippen molar-refractivity contribution in [1.82, 2.24) is 15.1 Å². The summed E-state index contributed by atoms with van der Waals surface area (Å²) in [4.78, 5) is 25.9. The number of hydrogen-bond acceptors (Lipinski definition) is 4. The number of carbonyl (C=O) groups excluding carboxylic acids is 2. The van der Waals surface area contributed by atoms with Gasteiger partial charge in [0, 0.05) is 38.2 Å². The number of aryl methyl sites for hydroxylation is 1. The molecule has 2 aliphatic heterocycles. The third-order valence-electron chi connectivity index (χ3n) is 4.56. The summed E-state index contributed by atoms with van der Waals surface area (Å²) in [5, 5.41) is 7.09. The van der Waals surface area contributed by atoms with E-state index in [0.717, 1.165) is 37.2 Å². The fraction of sp³-hybridized carbons (Fsp3) is 0.389. The van der Waals surface area contributed by atoms with Crippen LogP contribution in [0, 0.1) is 0 Å². The maximum atomic E-state index is 12.4. The monoisotopic (exact) mass is 340 g/mol. The number of carbonyl (C=O) groups is 2. The van der Waals surface area contributed by atoms with Gasteiger partial charge in [-0.2, -0.15) is 5.10 Å². The summed E-state index contributed by atoms with van der Waals surface area (Å²) in [5.41, 5.74) is 2.36. The smallest absolute Gasteiger partial charge is 0.258 e. The molecule has 2 aliphatic rings. The Balaban J connectivity index is 1.39. The summed E-state index contributed by atoms with van der Waals surface area (Å²) < 4.78 is 7.28. The Morgan fingerprint density at radius 3 is 2.80 bits per heavy atom. The van der Waals surface area contributed by atoms with Crippen LogP contribution >= 0.6 is 0 Å². The van der Waals surface area contributed by atoms with Gasteiger partial charge in [0.1, 0.15) is 5.56 Å². The lowest BCUT2D eigenvalue weighted by Gasteiger charge is -2.16. The van der Waals surface area contributed by atoms with E-state index in [1.165, 1.54) is 0 Å². The number of aromatic nitrogens is 2. The van der Waals surface area contributed by atoms with Gasteiger partial charge in [-0.25, -0.2) is 4.68 Å². The first-order valence-corrected chi connectivity index (χ1v) is 8.58. The maximum Gasteiger partial charge on any atom is 0.258 e. The van der Waals surface area contributed by atoms with Crippen LogP contribution in [-0.4, -0.2) is 34.7 Å². The number of nitrogens with zero attached hydrogens (tertiary/aromatic N) is 3. The van der Waals surface area contributed by atoms with E-state index in [1.807, 2.05) is 24.3 Å². The summed E-state index contributed by atoms with van der Waals surface area (Å²) in [6.45, 7) is 2.58. The van der Waals surface area contributed by atoms with Crippen LogP contribution in [0.2, 0.25) is 0 Å². The minimum Gasteiger partial charge on any atom is -0.477 e. The summed E-state index contributed by atoms with van der Waals surface area (Å²) >= 11 is 0. The number of ether oxygens (including phenoxy) is 1. The number of nitrogens with one attached hydrogen (secondary N) is 1. The Morgan fingerprint density at radius 2 is 2.04 bits per heavy atom. The van der Waals surface area contributed by atoms with Gasteiger partial charge in [0.2, 0.25) is 11.8 Å². The van der Waals surface area contributed by atoms with Crippen LogP contribution in [0.25, 0.3) is 0 Å². The summed E-state index contributed by atoms with van der Waals surface area (Å²) in [6.07, 6.45) is 3.99. The molecule has 3 heterocycles. The number of amides is 2. The quantitative estimate of drug-likeness (QED) is 0.919. The molecule has 0 aliphatic carbocycles. The lowest BCUT2D eigenvalue weighted by molar-refractivity contribution is -0.117. The van der Waals surface area contributed by atoms with E-state index in [0.29, 0.717) is 31.0 Å². The predicted octanol–water partition coefficient (Wildman–Crippen LogP) is 1.72. The van der Waals surface area contributed by atoms with Crippen molar-refractivity contribution in [2.75, 3.05) is 18.1 Å². The molecular formula is C18H20N4O3. The number of fused-ring (bicyclic) bond motifs is 1. The van der Waals surface area contributed by atoms with E-state index in [2.05, 4.69) is 10.4 Å². The topological polar surface area (TPSA) is 76.5 Å². The second-order valence-corrected chi connectivity index (χ2v) is 6.29. The largest absolute Gasteiger partial charge is 0.477 e. The van der Waals surface area contributed by atoms with Crippen LogP contribution in [0.1, 0.15) is 35.2 Å². The summed E-state index contributed by atoms with van der Waals surface area (Å²) in [7, 11) is 0. The first kappa shape index (κ1) is 15.7. The molecular weight excluding hydrogens is 320 g/mol. The third-order valence-corrected chi connectivity index (χ3v) is 4.56. The number of anilines is 1. The molecule has 4 rings (SSSR count). The van der Waals surface area contributed by atoms with Crippen molar-refractivity contribution >= 4 is 17.5 Å². The Labute approximate surface area is 145 Å². The second-order valence-electron chi connectivity index (χ2n) is 6.29. The third kappa shape index (κ3) is 3.09. The van der Waals surface area contributed by atoms with Crippen molar-refractivity contribution in [2.24, 2.45) is 0 Å². The number of benzene rings is 1. The standard InChI is InChI=1S/C18H20N4O3/c23-16-3-1-8-21(16)14-6-4-13(5-7-14)11-19-17(24)15-12-20-22-9-2-10-25-18(15)22/h4-7,12H,1-3,8-11H2,(H,19,24). The zero-order valence-electron chi connectivity index (χ0n) is 13.9. The minimum atomic E-state index is -0.193. The van der Waals surface area contributed by atoms with Gasteiger partial charge in [-0.15, -0.1) is 0 Å². The van der Waals surface area contributed by atoms with Crippen LogP contribution in [-0.2, 0) is 17.9 Å². The molecule has 7 nitrogen and oxygen atoms in total. The van der Waals surface area contributed by atoms with Gasteiger partial charge in [0.15, 0.2) is 0 Å². The van der Waals surface area contributed by atoms with Gasteiger partial charge in [0.25, 0.3) is 5.91 Å². The highest BCUT2D eigenvalue weighted by atomic mass is 16.5. The van der Waals surface area contributed by atoms with E-state index in [9.17, 15) is 9.59 Å². The molecule has 0 atom stereocenters. The van der Waals surface area contributed by atoms with Crippen LogP contribution in [0.3, 0.4) is 0 Å². The molecule has 25 heavy (non-hydrogen) atoms. The second kappa shape index (κ2) is 6.58. The molecule has 0 spiro atoms. The summed E-state index contributed by atoms with van der Waals surface area (Å²) in [5.74, 6) is 0.528. The van der Waals surface area contributed by atoms with Gasteiger partial charge in [0.05, 0.1) is 12.8 Å². The predicted molar refractivity (Wildman–Crippen MR) is 91.5 cm³/mol. The SMILES string of the molecule is O=C(NCc1ccc(N2CCCC2=O)cc1)c1cnn2c1OCCC2. The van der Waals surface area contributed by atoms with E-state index in [-0.39, 0.29) is 11.8 Å². The van der Waals surface area contributed by atoms with Crippen molar-refractivity contribution < 1.29 is 14.3 Å². The first-order chi connectivity index (χ1) is 12.2. The molecule has 0 bridgehead atoms. The average molecular weight is 340 g/mol. The van der Waals surface area contributed by atoms with Crippen LogP contribution < -0.4 is 15.0 Å². The molecule has 2 aromatic rings. The number of hydrogen-bond donors (Lipinski definition) is 1. The number of rotatable bonds is 4. The zero-order chi connectivity index (χ0) is 17.2. The molecule has 1 N–H and O–H groups in total. The molecule has 1 aromatic carbocycles. The molecule has 0 radical (unpaired) electrons. The fourth-order valence-electron chi connectivity index (χ4n) is 3.22. The lowest BCUT2D eigenvalue weighted by atomic mass is 10.2. The van der Waals surface area contributed by atoms with Gasteiger partial charge in [-0.05, 0) is 24.1 Å². The van der Waals surface area contributed by atoms with E-state index < -0.39 is 0 Å². The van der Waals surface area contributed by atoms with Gasteiger partial charge >= 0.3 is 0 Å². The zero-order valence-corrected chi connectivity index (χ0v) is 13.9. The molecule has 130 valence electrons. The van der Waals surface area contributed by atoms with Crippen LogP contribution in [0.15, 0.2) is 30.5 Å². The van der Waals surface area contributed by atoms with Crippen molar-refractivity contribution in [3.8, 4) is 5.88 Å². The van der Waals surface area contributed by atoms with Crippen molar-refractivity contribution in [3.05, 3.63) is 41.6 Å². The summed E-state index contributed by atoms with van der Waals surface area (Å²) in [6, 6.07) is 7.72. The van der Waals surface area contributed by atoms with Gasteiger partial charge < -0.3 is 15.0 Å². The molecule has 0 unspecified atom stereocenters. The normalized spacial score (nSPS) is 16.5. The molecule has 2 amide bonds. The van der Waals surface area contributed by atoms with Gasteiger partial charge in [-0.3, -0.25) is 9.59 Å². The van der Waals surface area contributed by atoms with E-state index in [4.69, 9.17) is 4.74 Å². The molecule has 1 aromatic heterocycles. The molecule has 1 fully saturated rings. The van der Waals surface area contributed by atoms with Gasteiger partial charge in [-0.1, -0.05) is 12.1 Å². The Bertz CT molecular complexity index is 797. The highest BCUT2D eigenvalue weighted by Crippen LogP contribution is 2.23. The maximum absolute atomic E-state index is 12.4. The van der Waals surface area contributed by atoms with Crippen molar-refractivity contribution in [1.29, 1.82) is 0 Å². The average Bonchev–Trinajstić information content (AvgIpc) is 3.26. The van der Waals surface area contributed by atoms with Crippen molar-refractivity contribution in [3.63, 3.8) is 0 Å². The van der Waals surface area contributed by atoms with E-state index >= 15 is 0 Å². The van der Waals surface area contributed by atoms with Crippen molar-refractivity contribution in [2.45, 2.75) is 32.4 Å². The Kier molecular flexibility index (Phi) is 4.13.